The number of carboxylic acids is 1. The number of carbonyl (C=O) groups excluding carboxylic acids is 2. The Morgan fingerprint density at radius 3 is 2.33 bits per heavy atom. The molecule has 200 valence electrons. The summed E-state index contributed by atoms with van der Waals surface area (Å²) in [5.41, 5.74) is 0.600. The molecule has 4 saturated carbocycles. The highest BCUT2D eigenvalue weighted by atomic mass is 16.4. The Bertz CT molecular complexity index is 1010. The minimum Gasteiger partial charge on any atom is -0.481 e. The van der Waals surface area contributed by atoms with Gasteiger partial charge < -0.3 is 9.90 Å². The maximum absolute atomic E-state index is 14.4. The number of rotatable bonds is 3. The lowest BCUT2D eigenvalue weighted by Gasteiger charge is -2.70. The summed E-state index contributed by atoms with van der Waals surface area (Å²) in [6.07, 6.45) is 11.5. The lowest BCUT2D eigenvalue weighted by Crippen LogP contribution is -2.66. The second kappa shape index (κ2) is 8.03. The van der Waals surface area contributed by atoms with E-state index in [1.165, 1.54) is 24.8 Å². The van der Waals surface area contributed by atoms with E-state index in [4.69, 9.17) is 0 Å². The van der Waals surface area contributed by atoms with Gasteiger partial charge in [-0.1, -0.05) is 54.0 Å². The summed E-state index contributed by atoms with van der Waals surface area (Å²) < 4.78 is 0. The quantitative estimate of drug-likeness (QED) is 0.423. The zero-order chi connectivity index (χ0) is 26.5. The molecule has 0 heterocycles. The maximum atomic E-state index is 14.4. The third-order valence-electron chi connectivity index (χ3n) is 13.7. The van der Waals surface area contributed by atoms with Crippen LogP contribution in [0.2, 0.25) is 0 Å². The number of aliphatic carboxylic acids is 1. The van der Waals surface area contributed by atoms with E-state index >= 15 is 0 Å². The molecule has 0 saturated heterocycles. The summed E-state index contributed by atoms with van der Waals surface area (Å²) in [4.78, 5) is 38.7. The molecule has 5 aliphatic carbocycles. The van der Waals surface area contributed by atoms with Crippen LogP contribution in [-0.4, -0.2) is 23.1 Å². The van der Waals surface area contributed by atoms with Crippen molar-refractivity contribution in [3.05, 3.63) is 11.6 Å². The van der Waals surface area contributed by atoms with Gasteiger partial charge in [-0.25, -0.2) is 0 Å². The molecule has 0 aromatic carbocycles. The van der Waals surface area contributed by atoms with E-state index in [1.807, 2.05) is 6.92 Å². The molecule has 11 atom stereocenters. The fourth-order valence-electron chi connectivity index (χ4n) is 11.2. The molecule has 4 heteroatoms. The molecule has 5 rings (SSSR count). The van der Waals surface area contributed by atoms with Gasteiger partial charge in [0, 0.05) is 17.8 Å². The lowest BCUT2D eigenvalue weighted by molar-refractivity contribution is -0.196. The van der Waals surface area contributed by atoms with Gasteiger partial charge in [-0.2, -0.15) is 0 Å². The molecule has 0 radical (unpaired) electrons. The standard InChI is InChI=1S/C32H48O4/c1-19-8-11-28(3)14-15-31(6)22(26(28)20(19)2)17-23(34)27-29(4)12-9-21(16-25(35)36)30(5,18-33)24(29)10-13-32(27,31)7/h17-21,24,26-27H,8-16H2,1-7H3,(H,35,36)/t19-,20+,21+,24?,26?,27?,28-,29+,30+,31-,32-/m1/s1. The average Bonchev–Trinajstić information content (AvgIpc) is 2.80. The SMILES string of the molecule is C[C@@H]1CC[C@]2(C)CC[C@]3(C)C(=CC(=O)C4[C@@]5(C)CC[C@@H](CC(=O)O)[C@](C)(C=O)C5CC[C@]43C)C2[C@H]1C. The van der Waals surface area contributed by atoms with Crippen molar-refractivity contribution in [1.29, 1.82) is 0 Å². The normalized spacial score (nSPS) is 54.3. The molecular weight excluding hydrogens is 448 g/mol. The zero-order valence-electron chi connectivity index (χ0n) is 23.7. The van der Waals surface area contributed by atoms with Gasteiger partial charge in [-0.15, -0.1) is 0 Å². The first-order valence-corrected chi connectivity index (χ1v) is 14.6. The highest BCUT2D eigenvalue weighted by Crippen LogP contribution is 2.75. The van der Waals surface area contributed by atoms with E-state index in [2.05, 4.69) is 47.6 Å². The van der Waals surface area contributed by atoms with Gasteiger partial charge in [0.25, 0.3) is 0 Å². The van der Waals surface area contributed by atoms with E-state index in [1.54, 1.807) is 0 Å². The van der Waals surface area contributed by atoms with Crippen molar-refractivity contribution in [3.8, 4) is 0 Å². The van der Waals surface area contributed by atoms with Crippen LogP contribution in [0.5, 0.6) is 0 Å². The number of fused-ring (bicyclic) bond motifs is 7. The first-order chi connectivity index (χ1) is 16.7. The minimum atomic E-state index is -0.827. The number of hydrogen-bond acceptors (Lipinski definition) is 3. The van der Waals surface area contributed by atoms with Crippen LogP contribution in [0.25, 0.3) is 0 Å². The molecule has 3 unspecified atom stereocenters. The molecule has 0 aromatic heterocycles. The fourth-order valence-corrected chi connectivity index (χ4v) is 11.2. The third kappa shape index (κ3) is 3.14. The number of aldehydes is 1. The van der Waals surface area contributed by atoms with Crippen LogP contribution in [0, 0.1) is 62.6 Å². The molecule has 36 heavy (non-hydrogen) atoms. The van der Waals surface area contributed by atoms with Crippen LogP contribution >= 0.6 is 0 Å². The topological polar surface area (TPSA) is 71.4 Å². The summed E-state index contributed by atoms with van der Waals surface area (Å²) in [5.74, 6) is 0.974. The predicted molar refractivity (Wildman–Crippen MR) is 141 cm³/mol. The van der Waals surface area contributed by atoms with E-state index in [0.29, 0.717) is 24.2 Å². The smallest absolute Gasteiger partial charge is 0.303 e. The van der Waals surface area contributed by atoms with Crippen LogP contribution in [0.4, 0.5) is 0 Å². The Morgan fingerprint density at radius 2 is 1.69 bits per heavy atom. The van der Waals surface area contributed by atoms with Crippen LogP contribution in [0.1, 0.15) is 106 Å². The van der Waals surface area contributed by atoms with Crippen molar-refractivity contribution in [1.82, 2.24) is 0 Å². The van der Waals surface area contributed by atoms with Crippen LogP contribution in [-0.2, 0) is 14.4 Å². The van der Waals surface area contributed by atoms with Crippen molar-refractivity contribution in [2.24, 2.45) is 62.6 Å². The number of ketones is 1. The van der Waals surface area contributed by atoms with Crippen molar-refractivity contribution in [2.75, 3.05) is 0 Å². The monoisotopic (exact) mass is 496 g/mol. The van der Waals surface area contributed by atoms with Gasteiger partial charge in [-0.3, -0.25) is 9.59 Å². The van der Waals surface area contributed by atoms with Gasteiger partial charge in [0.15, 0.2) is 5.78 Å². The summed E-state index contributed by atoms with van der Waals surface area (Å²) in [6.45, 7) is 16.5. The van der Waals surface area contributed by atoms with E-state index in [-0.39, 0.29) is 51.6 Å². The Morgan fingerprint density at radius 1 is 1.00 bits per heavy atom. The summed E-state index contributed by atoms with van der Waals surface area (Å²) in [6, 6.07) is 0. The van der Waals surface area contributed by atoms with Gasteiger partial charge >= 0.3 is 5.97 Å². The lowest BCUT2D eigenvalue weighted by atomic mass is 9.32. The number of carboxylic acid groups (broad SMARTS) is 1. The van der Waals surface area contributed by atoms with Gasteiger partial charge in [0.05, 0.1) is 0 Å². The van der Waals surface area contributed by atoms with Crippen molar-refractivity contribution < 1.29 is 19.5 Å². The minimum absolute atomic E-state index is 0.00938. The van der Waals surface area contributed by atoms with E-state index in [0.717, 1.165) is 32.0 Å². The first-order valence-electron chi connectivity index (χ1n) is 14.6. The van der Waals surface area contributed by atoms with Crippen molar-refractivity contribution in [2.45, 2.75) is 106 Å². The largest absolute Gasteiger partial charge is 0.481 e. The Kier molecular flexibility index (Phi) is 5.83. The third-order valence-corrected chi connectivity index (χ3v) is 13.7. The summed E-state index contributed by atoms with van der Waals surface area (Å²) in [7, 11) is 0. The molecule has 4 nitrogen and oxygen atoms in total. The Labute approximate surface area is 218 Å². The fraction of sp³-hybridized carbons (Fsp3) is 0.844. The predicted octanol–water partition coefficient (Wildman–Crippen LogP) is 7.11. The van der Waals surface area contributed by atoms with Crippen molar-refractivity contribution in [3.63, 3.8) is 0 Å². The number of hydrogen-bond donors (Lipinski definition) is 1. The summed E-state index contributed by atoms with van der Waals surface area (Å²) >= 11 is 0. The van der Waals surface area contributed by atoms with Crippen LogP contribution < -0.4 is 0 Å². The second-order valence-electron chi connectivity index (χ2n) is 15.1. The number of carbonyl (C=O) groups is 3. The Balaban J connectivity index is 1.61. The maximum Gasteiger partial charge on any atom is 0.303 e. The average molecular weight is 497 g/mol. The molecule has 0 bridgehead atoms. The molecule has 4 fully saturated rings. The molecular formula is C32H48O4. The second-order valence-corrected chi connectivity index (χ2v) is 15.1. The van der Waals surface area contributed by atoms with Gasteiger partial charge in [0.1, 0.15) is 6.29 Å². The Hall–Kier alpha value is -1.45. The highest BCUT2D eigenvalue weighted by Gasteiger charge is 2.70. The number of allylic oxidation sites excluding steroid dienone is 2. The van der Waals surface area contributed by atoms with Gasteiger partial charge in [-0.05, 0) is 109 Å². The molecule has 0 aliphatic heterocycles. The molecule has 0 amide bonds. The summed E-state index contributed by atoms with van der Waals surface area (Å²) in [5, 5.41) is 9.57. The highest BCUT2D eigenvalue weighted by molar-refractivity contribution is 5.95. The molecule has 0 aromatic rings. The molecule has 5 aliphatic rings. The van der Waals surface area contributed by atoms with Crippen LogP contribution in [0.3, 0.4) is 0 Å². The first kappa shape index (κ1) is 26.2. The molecule has 0 spiro atoms. The van der Waals surface area contributed by atoms with Crippen molar-refractivity contribution >= 4 is 18.0 Å². The van der Waals surface area contributed by atoms with Crippen LogP contribution in [0.15, 0.2) is 11.6 Å². The molecule has 1 N–H and O–H groups in total. The zero-order valence-corrected chi connectivity index (χ0v) is 23.7. The van der Waals surface area contributed by atoms with Gasteiger partial charge in [0.2, 0.25) is 0 Å². The van der Waals surface area contributed by atoms with E-state index in [9.17, 15) is 19.5 Å². The van der Waals surface area contributed by atoms with E-state index < -0.39 is 11.4 Å².